The van der Waals surface area contributed by atoms with E-state index in [4.69, 9.17) is 9.31 Å². The van der Waals surface area contributed by atoms with Crippen LogP contribution in [0.4, 0.5) is 11.4 Å². The zero-order valence-electron chi connectivity index (χ0n) is 32.7. The number of nitrogens with zero attached hydrogens (tertiary/aromatic N) is 1. The summed E-state index contributed by atoms with van der Waals surface area (Å²) < 4.78 is 10.5. The van der Waals surface area contributed by atoms with E-state index in [-0.39, 0.29) is 53.7 Å². The second-order valence-electron chi connectivity index (χ2n) is 14.9. The second kappa shape index (κ2) is 19.0. The first-order valence-electron chi connectivity index (χ1n) is 19.7. The Morgan fingerprint density at radius 2 is 1.39 bits per heavy atom. The number of carboxylic acid groups (broad SMARTS) is 1. The quantitative estimate of drug-likeness (QED) is 0.0728. The molecule has 19 heteroatoms. The smallest absolute Gasteiger partial charge is 0.480 e. The lowest BCUT2D eigenvalue weighted by molar-refractivity contribution is -0.147. The zero-order valence-corrected chi connectivity index (χ0v) is 32.7. The number of benzene rings is 3. The number of aliphatic hydroxyl groups is 1. The summed E-state index contributed by atoms with van der Waals surface area (Å²) in [6.45, 7) is 4.19. The average Bonchev–Trinajstić information content (AvgIpc) is 3.96. The summed E-state index contributed by atoms with van der Waals surface area (Å²) in [5.74, 6) is -4.13. The van der Waals surface area contributed by atoms with Crippen molar-refractivity contribution in [1.82, 2.24) is 15.5 Å². The van der Waals surface area contributed by atoms with Gasteiger partial charge in [0, 0.05) is 35.7 Å². The van der Waals surface area contributed by atoms with Gasteiger partial charge in [0.15, 0.2) is 6.04 Å². The fourth-order valence-corrected chi connectivity index (χ4v) is 7.50. The van der Waals surface area contributed by atoms with Gasteiger partial charge in [-0.3, -0.25) is 24.0 Å². The highest BCUT2D eigenvalue weighted by atomic mass is 16.5. The maximum atomic E-state index is 13.5. The van der Waals surface area contributed by atoms with E-state index in [1.807, 2.05) is 6.92 Å². The maximum Gasteiger partial charge on any atom is 0.491 e. The first-order chi connectivity index (χ1) is 28.2. The minimum Gasteiger partial charge on any atom is -0.480 e. The fourth-order valence-electron chi connectivity index (χ4n) is 7.50. The molecule has 8 N–H and O–H groups in total. The Balaban J connectivity index is 1.08. The number of rotatable bonds is 16. The molecule has 6 rings (SSSR count). The van der Waals surface area contributed by atoms with E-state index in [2.05, 4.69) is 21.3 Å². The third-order valence-electron chi connectivity index (χ3n) is 10.9. The lowest BCUT2D eigenvalue weighted by atomic mass is 9.78. The third kappa shape index (κ3) is 10.00. The Morgan fingerprint density at radius 3 is 1.97 bits per heavy atom. The number of nitrogens with one attached hydrogen (secondary N) is 4. The number of amides is 5. The Morgan fingerprint density at radius 1 is 0.814 bits per heavy atom. The SMILES string of the molecule is CC[C@@H](CCCCNC(=O)c1ccc(NC(=O)c2ccc3c(c2)B(O)OC3)c(NC(=O)c2ccc3c(c2)B(O)OC3)c1)C(=O)N1CCC[C@H]1C(=O)N[C@H](C(=O)O)[C@@H](C)O. The van der Waals surface area contributed by atoms with Crippen LogP contribution in [0.15, 0.2) is 54.6 Å². The number of likely N-dealkylation sites (tertiary alicyclic amines) is 1. The van der Waals surface area contributed by atoms with Crippen LogP contribution in [0.5, 0.6) is 0 Å². The van der Waals surface area contributed by atoms with Crippen LogP contribution in [-0.4, -0.2) is 106 Å². The first kappa shape index (κ1) is 43.0. The molecule has 3 aromatic rings. The molecule has 0 spiro atoms. The summed E-state index contributed by atoms with van der Waals surface area (Å²) in [5, 5.41) is 50.2. The van der Waals surface area contributed by atoms with Crippen molar-refractivity contribution in [3.05, 3.63) is 82.4 Å². The minimum atomic E-state index is -1.49. The summed E-state index contributed by atoms with van der Waals surface area (Å²) in [7, 11) is -2.32. The van der Waals surface area contributed by atoms with Crippen molar-refractivity contribution in [3.8, 4) is 0 Å². The van der Waals surface area contributed by atoms with Crippen LogP contribution in [0.1, 0.15) is 94.6 Å². The van der Waals surface area contributed by atoms with Crippen molar-refractivity contribution in [2.75, 3.05) is 23.7 Å². The highest BCUT2D eigenvalue weighted by Gasteiger charge is 2.38. The number of hydrogen-bond donors (Lipinski definition) is 8. The molecule has 0 unspecified atom stereocenters. The van der Waals surface area contributed by atoms with Gasteiger partial charge in [0.1, 0.15) is 6.04 Å². The molecule has 0 bridgehead atoms. The number of carboxylic acids is 1. The number of unbranched alkanes of at least 4 members (excludes halogenated alkanes) is 1. The Hall–Kier alpha value is -5.59. The molecule has 0 aliphatic carbocycles. The predicted molar refractivity (Wildman–Crippen MR) is 216 cm³/mol. The van der Waals surface area contributed by atoms with Gasteiger partial charge in [-0.2, -0.15) is 0 Å². The molecule has 3 aromatic carbocycles. The maximum absolute atomic E-state index is 13.5. The molecule has 3 aliphatic rings. The Kier molecular flexibility index (Phi) is 13.8. The van der Waals surface area contributed by atoms with Crippen molar-refractivity contribution in [1.29, 1.82) is 0 Å². The van der Waals surface area contributed by atoms with Crippen molar-refractivity contribution in [2.45, 2.75) is 83.8 Å². The van der Waals surface area contributed by atoms with Crippen LogP contribution in [-0.2, 0) is 36.9 Å². The third-order valence-corrected chi connectivity index (χ3v) is 10.9. The van der Waals surface area contributed by atoms with Gasteiger partial charge in [0.05, 0.1) is 30.7 Å². The first-order valence-corrected chi connectivity index (χ1v) is 19.7. The normalized spacial score (nSPS) is 17.1. The standard InChI is InChI=1S/C40H47B2N5O12/c1-3-23(39(53)47-16-6-8-33(47)38(52)46-34(22(2)48)40(54)55)7-4-5-15-43-35(49)26-13-14-31(44-36(50)24-9-11-27-20-58-41(56)29(27)17-24)32(19-26)45-37(51)25-10-12-28-21-59-42(57)30(28)18-25/h9-14,17-19,22-23,33-34,48,56-57H,3-8,15-16,20-21H2,1-2H3,(H,43,49)(H,44,50)(H,45,51)(H,46,52)(H,54,55)/t22-,23+,33+,34+/m1/s1. The number of carbonyl (C=O) groups is 6. The number of hydrogen-bond acceptors (Lipinski definition) is 11. The largest absolute Gasteiger partial charge is 0.491 e. The van der Waals surface area contributed by atoms with E-state index >= 15 is 0 Å². The second-order valence-corrected chi connectivity index (χ2v) is 14.9. The van der Waals surface area contributed by atoms with Crippen molar-refractivity contribution in [3.63, 3.8) is 0 Å². The number of anilines is 2. The summed E-state index contributed by atoms with van der Waals surface area (Å²) >= 11 is 0. The summed E-state index contributed by atoms with van der Waals surface area (Å²) in [6, 6.07) is 11.7. The number of aliphatic hydroxyl groups excluding tert-OH is 1. The van der Waals surface area contributed by atoms with E-state index < -0.39 is 67.9 Å². The lowest BCUT2D eigenvalue weighted by Gasteiger charge is -2.29. The molecule has 3 heterocycles. The fraction of sp³-hybridized carbons (Fsp3) is 0.400. The highest BCUT2D eigenvalue weighted by Crippen LogP contribution is 2.27. The summed E-state index contributed by atoms with van der Waals surface area (Å²) in [6.07, 6.45) is 1.77. The van der Waals surface area contributed by atoms with Crippen LogP contribution in [0, 0.1) is 5.92 Å². The Bertz CT molecular complexity index is 2120. The topological polar surface area (TPSA) is 253 Å². The van der Waals surface area contributed by atoms with Crippen LogP contribution in [0.2, 0.25) is 0 Å². The molecule has 0 aromatic heterocycles. The Labute approximate surface area is 341 Å². The van der Waals surface area contributed by atoms with E-state index in [0.29, 0.717) is 56.0 Å². The molecule has 5 amide bonds. The van der Waals surface area contributed by atoms with Crippen LogP contribution >= 0.6 is 0 Å². The monoisotopic (exact) mass is 811 g/mol. The molecular weight excluding hydrogens is 764 g/mol. The van der Waals surface area contributed by atoms with Crippen LogP contribution in [0.3, 0.4) is 0 Å². The van der Waals surface area contributed by atoms with Gasteiger partial charge in [-0.15, -0.1) is 0 Å². The van der Waals surface area contributed by atoms with E-state index in [1.54, 1.807) is 24.3 Å². The summed E-state index contributed by atoms with van der Waals surface area (Å²) in [4.78, 5) is 79.7. The molecule has 0 saturated carbocycles. The highest BCUT2D eigenvalue weighted by molar-refractivity contribution is 6.62. The average molecular weight is 811 g/mol. The van der Waals surface area contributed by atoms with Crippen molar-refractivity contribution >= 4 is 72.0 Å². The van der Waals surface area contributed by atoms with E-state index in [0.717, 1.165) is 11.1 Å². The number of aliphatic carboxylic acids is 1. The molecule has 3 aliphatic heterocycles. The lowest BCUT2D eigenvalue weighted by Crippen LogP contribution is -2.54. The van der Waals surface area contributed by atoms with E-state index in [9.17, 15) is 49.0 Å². The van der Waals surface area contributed by atoms with Gasteiger partial charge in [-0.25, -0.2) is 4.79 Å². The molecule has 17 nitrogen and oxygen atoms in total. The molecular formula is C40H47B2N5O12. The molecule has 59 heavy (non-hydrogen) atoms. The molecule has 1 fully saturated rings. The molecule has 1 saturated heterocycles. The van der Waals surface area contributed by atoms with Gasteiger partial charge in [0.25, 0.3) is 17.7 Å². The van der Waals surface area contributed by atoms with Crippen LogP contribution in [0.25, 0.3) is 0 Å². The predicted octanol–water partition coefficient (Wildman–Crippen LogP) is 0.494. The molecule has 310 valence electrons. The zero-order chi connectivity index (χ0) is 42.4. The van der Waals surface area contributed by atoms with Crippen LogP contribution < -0.4 is 32.2 Å². The van der Waals surface area contributed by atoms with Gasteiger partial charge in [0.2, 0.25) is 11.8 Å². The van der Waals surface area contributed by atoms with Crippen molar-refractivity contribution in [2.24, 2.45) is 5.92 Å². The molecule has 4 atom stereocenters. The number of carbonyl (C=O) groups excluding carboxylic acids is 5. The number of fused-ring (bicyclic) bond motifs is 2. The van der Waals surface area contributed by atoms with Crippen molar-refractivity contribution < 1.29 is 58.3 Å². The van der Waals surface area contributed by atoms with E-state index in [1.165, 1.54) is 42.2 Å². The van der Waals surface area contributed by atoms with Gasteiger partial charge in [-0.1, -0.05) is 25.5 Å². The van der Waals surface area contributed by atoms with Gasteiger partial charge < -0.3 is 55.7 Å². The van der Waals surface area contributed by atoms with Gasteiger partial charge >= 0.3 is 20.2 Å². The summed E-state index contributed by atoms with van der Waals surface area (Å²) in [5.41, 5.74) is 3.39. The van der Waals surface area contributed by atoms with Gasteiger partial charge in [-0.05, 0) is 104 Å². The minimum absolute atomic E-state index is 0.125. The molecule has 0 radical (unpaired) electrons.